The molecule has 1 aliphatic rings. The molecular formula is C17H26N2O. The highest BCUT2D eigenvalue weighted by Gasteiger charge is 2.22. The highest BCUT2D eigenvalue weighted by molar-refractivity contribution is 5.48. The fourth-order valence-electron chi connectivity index (χ4n) is 2.68. The lowest BCUT2D eigenvalue weighted by Crippen LogP contribution is -2.52. The number of piperazine rings is 1. The molecular weight excluding hydrogens is 248 g/mol. The van der Waals surface area contributed by atoms with E-state index in [4.69, 9.17) is 4.74 Å². The fourth-order valence-corrected chi connectivity index (χ4v) is 2.68. The molecule has 1 saturated heterocycles. The lowest BCUT2D eigenvalue weighted by atomic mass is 10.2. The quantitative estimate of drug-likeness (QED) is 0.792. The Kier molecular flexibility index (Phi) is 6.25. The van der Waals surface area contributed by atoms with Crippen molar-refractivity contribution in [2.45, 2.75) is 13.0 Å². The lowest BCUT2D eigenvalue weighted by molar-refractivity contribution is 0.0642. The van der Waals surface area contributed by atoms with Crippen molar-refractivity contribution in [3.05, 3.63) is 42.0 Å². The van der Waals surface area contributed by atoms with E-state index >= 15 is 0 Å². The van der Waals surface area contributed by atoms with Crippen LogP contribution in [0.15, 0.2) is 36.4 Å². The normalized spacial score (nSPS) is 21.6. The summed E-state index contributed by atoms with van der Waals surface area (Å²) < 4.78 is 5.17. The van der Waals surface area contributed by atoms with Crippen molar-refractivity contribution in [3.8, 4) is 0 Å². The van der Waals surface area contributed by atoms with Gasteiger partial charge in [-0.1, -0.05) is 42.5 Å². The molecule has 0 spiro atoms. The van der Waals surface area contributed by atoms with Crippen molar-refractivity contribution in [2.24, 2.45) is 0 Å². The number of rotatable bonds is 6. The Morgan fingerprint density at radius 2 is 2.05 bits per heavy atom. The molecule has 20 heavy (non-hydrogen) atoms. The first-order chi connectivity index (χ1) is 9.79. The fraction of sp³-hybridized carbons (Fsp3) is 0.529. The maximum Gasteiger partial charge on any atom is 0.0589 e. The summed E-state index contributed by atoms with van der Waals surface area (Å²) in [6, 6.07) is 11.1. The molecule has 1 fully saturated rings. The second kappa shape index (κ2) is 8.20. The number of nitrogens with zero attached hydrogens (tertiary/aromatic N) is 2. The van der Waals surface area contributed by atoms with E-state index in [-0.39, 0.29) is 0 Å². The number of benzene rings is 1. The molecule has 0 amide bonds. The summed E-state index contributed by atoms with van der Waals surface area (Å²) in [5.74, 6) is 0. The molecule has 1 aromatic carbocycles. The van der Waals surface area contributed by atoms with Crippen LogP contribution in [-0.2, 0) is 4.74 Å². The Hall–Kier alpha value is -1.16. The van der Waals surface area contributed by atoms with Crippen LogP contribution in [-0.4, -0.2) is 62.3 Å². The molecule has 0 N–H and O–H groups in total. The van der Waals surface area contributed by atoms with Gasteiger partial charge in [-0.3, -0.25) is 9.80 Å². The van der Waals surface area contributed by atoms with Gasteiger partial charge >= 0.3 is 0 Å². The van der Waals surface area contributed by atoms with Crippen LogP contribution in [0.1, 0.15) is 12.5 Å². The molecule has 0 bridgehead atoms. The SMILES string of the molecule is COCCN1CCN(C/C=C/c2ccccc2)CC1C. The van der Waals surface area contributed by atoms with Crippen molar-refractivity contribution in [3.63, 3.8) is 0 Å². The van der Waals surface area contributed by atoms with Crippen LogP contribution in [0.4, 0.5) is 0 Å². The summed E-state index contributed by atoms with van der Waals surface area (Å²) in [5.41, 5.74) is 1.28. The van der Waals surface area contributed by atoms with E-state index in [0.29, 0.717) is 6.04 Å². The summed E-state index contributed by atoms with van der Waals surface area (Å²) in [6.07, 6.45) is 4.48. The Morgan fingerprint density at radius 1 is 1.25 bits per heavy atom. The number of hydrogen-bond acceptors (Lipinski definition) is 3. The van der Waals surface area contributed by atoms with Gasteiger partial charge in [0.25, 0.3) is 0 Å². The van der Waals surface area contributed by atoms with E-state index in [1.165, 1.54) is 5.56 Å². The molecule has 1 atom stereocenters. The minimum atomic E-state index is 0.615. The molecule has 3 heteroatoms. The van der Waals surface area contributed by atoms with Crippen LogP contribution < -0.4 is 0 Å². The molecule has 1 heterocycles. The average molecular weight is 274 g/mol. The Bertz CT molecular complexity index is 405. The molecule has 0 aromatic heterocycles. The van der Waals surface area contributed by atoms with Crippen LogP contribution in [0.25, 0.3) is 6.08 Å². The molecule has 0 radical (unpaired) electrons. The second-order valence-corrected chi connectivity index (χ2v) is 5.45. The molecule has 0 saturated carbocycles. The van der Waals surface area contributed by atoms with Gasteiger partial charge in [0, 0.05) is 45.9 Å². The van der Waals surface area contributed by atoms with Gasteiger partial charge in [-0.2, -0.15) is 0 Å². The van der Waals surface area contributed by atoms with E-state index < -0.39 is 0 Å². The first-order valence-corrected chi connectivity index (χ1v) is 7.46. The van der Waals surface area contributed by atoms with Crippen molar-refractivity contribution < 1.29 is 4.74 Å². The van der Waals surface area contributed by atoms with Gasteiger partial charge in [-0.05, 0) is 12.5 Å². The number of ether oxygens (including phenoxy) is 1. The summed E-state index contributed by atoms with van der Waals surface area (Å²) >= 11 is 0. The largest absolute Gasteiger partial charge is 0.383 e. The third kappa shape index (κ3) is 4.75. The van der Waals surface area contributed by atoms with Crippen LogP contribution in [0.2, 0.25) is 0 Å². The first-order valence-electron chi connectivity index (χ1n) is 7.46. The van der Waals surface area contributed by atoms with Gasteiger partial charge in [-0.15, -0.1) is 0 Å². The van der Waals surface area contributed by atoms with Crippen LogP contribution in [0.5, 0.6) is 0 Å². The molecule has 1 aliphatic heterocycles. The third-order valence-corrected chi connectivity index (χ3v) is 3.91. The standard InChI is InChI=1S/C17H26N2O/c1-16-15-18(11-12-19(16)13-14-20-2)10-6-9-17-7-4-3-5-8-17/h3-9,16H,10-15H2,1-2H3/b9-6+. The number of hydrogen-bond donors (Lipinski definition) is 0. The smallest absolute Gasteiger partial charge is 0.0589 e. The Balaban J connectivity index is 1.74. The highest BCUT2D eigenvalue weighted by atomic mass is 16.5. The monoisotopic (exact) mass is 274 g/mol. The highest BCUT2D eigenvalue weighted by Crippen LogP contribution is 2.09. The zero-order valence-electron chi connectivity index (χ0n) is 12.7. The predicted octanol–water partition coefficient (Wildman–Crippen LogP) is 2.35. The number of methoxy groups -OCH3 is 1. The van der Waals surface area contributed by atoms with Gasteiger partial charge in [0.1, 0.15) is 0 Å². The van der Waals surface area contributed by atoms with Crippen molar-refractivity contribution in [1.82, 2.24) is 9.80 Å². The molecule has 2 rings (SSSR count). The summed E-state index contributed by atoms with van der Waals surface area (Å²) in [4.78, 5) is 5.04. The van der Waals surface area contributed by atoms with Gasteiger partial charge < -0.3 is 4.74 Å². The van der Waals surface area contributed by atoms with Gasteiger partial charge in [0.2, 0.25) is 0 Å². The minimum absolute atomic E-state index is 0.615. The van der Waals surface area contributed by atoms with Gasteiger partial charge in [0.15, 0.2) is 0 Å². The molecule has 110 valence electrons. The Morgan fingerprint density at radius 3 is 2.75 bits per heavy atom. The molecule has 1 unspecified atom stereocenters. The Labute approximate surface area is 122 Å². The lowest BCUT2D eigenvalue weighted by Gasteiger charge is -2.39. The van der Waals surface area contributed by atoms with E-state index in [1.54, 1.807) is 7.11 Å². The van der Waals surface area contributed by atoms with Crippen LogP contribution >= 0.6 is 0 Å². The minimum Gasteiger partial charge on any atom is -0.383 e. The van der Waals surface area contributed by atoms with E-state index in [0.717, 1.165) is 39.3 Å². The van der Waals surface area contributed by atoms with Crippen LogP contribution in [0.3, 0.4) is 0 Å². The average Bonchev–Trinajstić information content (AvgIpc) is 2.47. The third-order valence-electron chi connectivity index (χ3n) is 3.91. The van der Waals surface area contributed by atoms with Gasteiger partial charge in [0.05, 0.1) is 6.61 Å². The zero-order valence-corrected chi connectivity index (χ0v) is 12.7. The molecule has 0 aliphatic carbocycles. The maximum atomic E-state index is 5.17. The van der Waals surface area contributed by atoms with Crippen molar-refractivity contribution >= 4 is 6.08 Å². The van der Waals surface area contributed by atoms with Crippen molar-refractivity contribution in [2.75, 3.05) is 46.4 Å². The summed E-state index contributed by atoms with van der Waals surface area (Å²) in [5, 5.41) is 0. The van der Waals surface area contributed by atoms with E-state index in [2.05, 4.69) is 59.2 Å². The summed E-state index contributed by atoms with van der Waals surface area (Å²) in [6.45, 7) is 8.66. The van der Waals surface area contributed by atoms with E-state index in [9.17, 15) is 0 Å². The molecule has 3 nitrogen and oxygen atoms in total. The molecule has 1 aromatic rings. The summed E-state index contributed by atoms with van der Waals surface area (Å²) in [7, 11) is 1.77. The first kappa shape index (κ1) is 15.2. The van der Waals surface area contributed by atoms with Crippen LogP contribution in [0, 0.1) is 0 Å². The van der Waals surface area contributed by atoms with E-state index in [1.807, 2.05) is 0 Å². The van der Waals surface area contributed by atoms with Gasteiger partial charge in [-0.25, -0.2) is 0 Å². The zero-order chi connectivity index (χ0) is 14.2. The topological polar surface area (TPSA) is 15.7 Å². The second-order valence-electron chi connectivity index (χ2n) is 5.45. The van der Waals surface area contributed by atoms with Crippen molar-refractivity contribution in [1.29, 1.82) is 0 Å². The predicted molar refractivity (Wildman–Crippen MR) is 84.8 cm³/mol. The maximum absolute atomic E-state index is 5.17.